The minimum Gasteiger partial charge on any atom is -0.477 e. The van der Waals surface area contributed by atoms with Gasteiger partial charge in [-0.25, -0.2) is 4.79 Å². The van der Waals surface area contributed by atoms with Crippen molar-refractivity contribution in [1.82, 2.24) is 10.2 Å². The molecule has 12 heteroatoms. The second-order valence-electron chi connectivity index (χ2n) is 7.71. The van der Waals surface area contributed by atoms with E-state index >= 15 is 0 Å². The Bertz CT molecular complexity index is 1220. The Morgan fingerprint density at radius 1 is 1.23 bits per heavy atom. The number of carboxylic acids is 1. The van der Waals surface area contributed by atoms with Crippen molar-refractivity contribution in [3.63, 3.8) is 0 Å². The Labute approximate surface area is 228 Å². The van der Waals surface area contributed by atoms with Gasteiger partial charge < -0.3 is 16.2 Å². The molecule has 8 nitrogen and oxygen atoms in total. The quantitative estimate of drug-likeness (QED) is 0.149. The van der Waals surface area contributed by atoms with Gasteiger partial charge in [-0.1, -0.05) is 59.9 Å². The Balaban J connectivity index is 1.46. The Kier molecular flexibility index (Phi) is 8.34. The normalized spacial score (nSPS) is 19.1. The monoisotopic (exact) mass is 640 g/mol. The highest BCUT2D eigenvalue weighted by atomic mass is 127. The molecule has 0 bridgehead atoms. The van der Waals surface area contributed by atoms with Gasteiger partial charge in [-0.05, 0) is 45.9 Å². The van der Waals surface area contributed by atoms with Gasteiger partial charge in [-0.15, -0.1) is 11.8 Å². The maximum Gasteiger partial charge on any atom is 0.353 e. The van der Waals surface area contributed by atoms with Crippen molar-refractivity contribution in [1.29, 1.82) is 5.41 Å². The number of carbonyl (C=O) groups is 3. The van der Waals surface area contributed by atoms with Gasteiger partial charge in [0.25, 0.3) is 5.91 Å². The predicted octanol–water partition coefficient (Wildman–Crippen LogP) is 3.45. The van der Waals surface area contributed by atoms with E-state index in [1.807, 2.05) is 48.5 Å². The van der Waals surface area contributed by atoms with Crippen molar-refractivity contribution in [2.45, 2.75) is 28.5 Å². The molecule has 35 heavy (non-hydrogen) atoms. The third-order valence-corrected chi connectivity index (χ3v) is 9.95. The average molecular weight is 641 g/mol. The summed E-state index contributed by atoms with van der Waals surface area (Å²) in [5.74, 6) is -0.844. The summed E-state index contributed by atoms with van der Waals surface area (Å²) in [7, 11) is 0. The number of benzene rings is 2. The molecule has 2 aliphatic rings. The van der Waals surface area contributed by atoms with Crippen LogP contribution in [0.4, 0.5) is 0 Å². The van der Waals surface area contributed by atoms with Crippen LogP contribution in [-0.2, 0) is 26.6 Å². The molecule has 2 heterocycles. The molecular formula is C23H21IN4O4S3. The van der Waals surface area contributed by atoms with Crippen molar-refractivity contribution in [2.24, 2.45) is 5.73 Å². The molecule has 0 unspecified atom stereocenters. The highest BCUT2D eigenvalue weighted by molar-refractivity contribution is 14.1. The maximum atomic E-state index is 12.9. The van der Waals surface area contributed by atoms with Gasteiger partial charge in [0.1, 0.15) is 17.1 Å². The molecule has 5 N–H and O–H groups in total. The highest BCUT2D eigenvalue weighted by Gasteiger charge is 2.54. The topological polar surface area (TPSA) is 137 Å². The number of nitrogens with zero attached hydrogens (tertiary/aromatic N) is 1. The first-order valence-corrected chi connectivity index (χ1v) is 14.3. The summed E-state index contributed by atoms with van der Waals surface area (Å²) in [6.45, 7) is 0. The molecule has 2 atom stereocenters. The largest absolute Gasteiger partial charge is 0.477 e. The average Bonchev–Trinajstić information content (AvgIpc) is 2.82. The third-order valence-electron chi connectivity index (χ3n) is 5.28. The summed E-state index contributed by atoms with van der Waals surface area (Å²) in [6, 6.07) is 14.3. The van der Waals surface area contributed by atoms with Gasteiger partial charge in [0.05, 0.1) is 6.42 Å². The summed E-state index contributed by atoms with van der Waals surface area (Å²) >= 11 is 6.22. The van der Waals surface area contributed by atoms with Crippen molar-refractivity contribution < 1.29 is 19.5 Å². The summed E-state index contributed by atoms with van der Waals surface area (Å²) < 4.78 is 0.944. The first-order chi connectivity index (χ1) is 16.7. The number of fused-ring (bicyclic) bond motifs is 1. The van der Waals surface area contributed by atoms with E-state index in [9.17, 15) is 19.5 Å². The number of thioether (sulfide) groups is 3. The number of halogens is 1. The molecule has 1 fully saturated rings. The Hall–Kier alpha value is -2.16. The number of nitrogens with two attached hydrogens (primary N) is 1. The molecule has 2 aromatic carbocycles. The predicted molar refractivity (Wildman–Crippen MR) is 148 cm³/mol. The van der Waals surface area contributed by atoms with Crippen molar-refractivity contribution in [3.05, 3.63) is 73.8 Å². The highest BCUT2D eigenvalue weighted by Crippen LogP contribution is 2.46. The lowest BCUT2D eigenvalue weighted by Crippen LogP contribution is -2.70. The van der Waals surface area contributed by atoms with Crippen molar-refractivity contribution in [3.8, 4) is 0 Å². The Morgan fingerprint density at radius 2 is 1.97 bits per heavy atom. The molecular weight excluding hydrogens is 619 g/mol. The van der Waals surface area contributed by atoms with E-state index in [4.69, 9.17) is 11.1 Å². The number of β-lactam (4-membered cyclic amide) rings is 1. The molecule has 2 amide bonds. The number of hydrogen-bond acceptors (Lipinski definition) is 7. The zero-order valence-corrected chi connectivity index (χ0v) is 22.8. The minimum absolute atomic E-state index is 0.0238. The van der Waals surface area contributed by atoms with Crippen LogP contribution in [0.5, 0.6) is 0 Å². The van der Waals surface area contributed by atoms with Gasteiger partial charge >= 0.3 is 5.97 Å². The van der Waals surface area contributed by atoms with Gasteiger partial charge in [0.15, 0.2) is 5.17 Å². The molecule has 4 rings (SSSR count). The lowest BCUT2D eigenvalue weighted by atomic mass is 10.0. The molecule has 2 aromatic rings. The number of nitrogens with one attached hydrogen (secondary N) is 2. The number of amidine groups is 1. The van der Waals surface area contributed by atoms with E-state index in [1.54, 1.807) is 0 Å². The molecule has 2 aliphatic heterocycles. The van der Waals surface area contributed by atoms with E-state index < -0.39 is 23.3 Å². The fraction of sp³-hybridized carbons (Fsp3) is 0.217. The number of carboxylic acid groups (broad SMARTS) is 1. The SMILES string of the molecule is N=C(N)SCc1ccc(SC2=C(C(=O)O)N3C(=O)[C@@H](NC(=O)Cc4ccccc4)[C@H]3SC2)c(I)c1. The zero-order valence-electron chi connectivity index (χ0n) is 18.2. The van der Waals surface area contributed by atoms with Gasteiger partial charge in [-0.3, -0.25) is 19.9 Å². The summed E-state index contributed by atoms with van der Waals surface area (Å²) in [5, 5.41) is 19.7. The van der Waals surface area contributed by atoms with E-state index in [1.165, 1.54) is 40.2 Å². The summed E-state index contributed by atoms with van der Waals surface area (Å²) in [4.78, 5) is 40.3. The van der Waals surface area contributed by atoms with Crippen LogP contribution in [0, 0.1) is 8.98 Å². The van der Waals surface area contributed by atoms with Crippen LogP contribution in [0.25, 0.3) is 0 Å². The van der Waals surface area contributed by atoms with Crippen LogP contribution >= 0.6 is 57.9 Å². The first-order valence-electron chi connectivity index (χ1n) is 10.4. The number of rotatable bonds is 8. The fourth-order valence-corrected chi connectivity index (χ4v) is 7.57. The fourth-order valence-electron chi connectivity index (χ4n) is 3.69. The lowest BCUT2D eigenvalue weighted by Gasteiger charge is -2.49. The number of aliphatic carboxylic acids is 1. The number of amides is 2. The molecule has 182 valence electrons. The van der Waals surface area contributed by atoms with Crippen LogP contribution in [-0.4, -0.2) is 50.1 Å². The van der Waals surface area contributed by atoms with Crippen LogP contribution in [0.2, 0.25) is 0 Å². The Morgan fingerprint density at radius 3 is 2.63 bits per heavy atom. The van der Waals surface area contributed by atoms with Gasteiger partial charge in [0, 0.05) is 24.9 Å². The zero-order chi connectivity index (χ0) is 25.1. The molecule has 0 aromatic heterocycles. The van der Waals surface area contributed by atoms with Crippen LogP contribution < -0.4 is 11.1 Å². The second kappa shape index (κ2) is 11.3. The standard InChI is InChI=1S/C23H21IN4O4S3/c24-14-8-13(10-34-23(25)26)6-7-15(14)35-16-11-33-21-18(20(30)28(21)19(16)22(31)32)27-17(29)9-12-4-2-1-3-5-12/h1-8,18,21H,9-11H2,(H3,25,26)(H,27,29)(H,31,32)/t18-,21-/m1/s1. The maximum absolute atomic E-state index is 12.9. The number of carbonyl (C=O) groups excluding carboxylic acids is 2. The number of hydrogen-bond donors (Lipinski definition) is 4. The van der Waals surface area contributed by atoms with E-state index in [0.717, 1.165) is 19.6 Å². The molecule has 0 saturated carbocycles. The minimum atomic E-state index is -1.16. The van der Waals surface area contributed by atoms with Crippen LogP contribution in [0.3, 0.4) is 0 Å². The summed E-state index contributed by atoms with van der Waals surface area (Å²) in [6.07, 6.45) is 0.157. The summed E-state index contributed by atoms with van der Waals surface area (Å²) in [5.41, 5.74) is 7.24. The van der Waals surface area contributed by atoms with E-state index in [2.05, 4.69) is 27.9 Å². The second-order valence-corrected chi connectivity index (χ2v) is 12.1. The van der Waals surface area contributed by atoms with Gasteiger partial charge in [0.2, 0.25) is 5.91 Å². The van der Waals surface area contributed by atoms with Crippen LogP contribution in [0.15, 0.2) is 64.0 Å². The van der Waals surface area contributed by atoms with E-state index in [0.29, 0.717) is 16.4 Å². The lowest BCUT2D eigenvalue weighted by molar-refractivity contribution is -0.150. The van der Waals surface area contributed by atoms with Crippen molar-refractivity contribution >= 4 is 80.8 Å². The van der Waals surface area contributed by atoms with Crippen LogP contribution in [0.1, 0.15) is 11.1 Å². The molecule has 0 radical (unpaired) electrons. The molecule has 0 aliphatic carbocycles. The first kappa shape index (κ1) is 25.9. The molecule has 1 saturated heterocycles. The van der Waals surface area contributed by atoms with Gasteiger partial charge in [-0.2, -0.15) is 0 Å². The van der Waals surface area contributed by atoms with E-state index in [-0.39, 0.29) is 23.2 Å². The third kappa shape index (κ3) is 5.98. The molecule has 0 spiro atoms. The smallest absolute Gasteiger partial charge is 0.353 e. The van der Waals surface area contributed by atoms with Crippen molar-refractivity contribution in [2.75, 3.05) is 5.75 Å².